The summed E-state index contributed by atoms with van der Waals surface area (Å²) in [4.78, 5) is 1.77. The normalized spacial score (nSPS) is 11.4. The molecule has 0 aliphatic rings. The number of hydrogen-bond acceptors (Lipinski definition) is 2. The van der Waals surface area contributed by atoms with Crippen LogP contribution in [-0.4, -0.2) is 9.78 Å². The number of aromatic nitrogens is 2. The number of alkyl halides is 3. The van der Waals surface area contributed by atoms with Gasteiger partial charge < -0.3 is 4.90 Å². The number of hydrogen-bond donors (Lipinski definition) is 0. The Morgan fingerprint density at radius 1 is 0.969 bits per heavy atom. The smallest absolute Gasteiger partial charge is 0.317 e. The van der Waals surface area contributed by atoms with Crippen molar-refractivity contribution in [2.75, 3.05) is 4.90 Å². The fourth-order valence-electron chi connectivity index (χ4n) is 3.49. The van der Waals surface area contributed by atoms with Gasteiger partial charge in [0.25, 0.3) is 0 Å². The van der Waals surface area contributed by atoms with E-state index in [2.05, 4.69) is 11.7 Å². The maximum Gasteiger partial charge on any atom is 0.416 e. The zero-order valence-corrected chi connectivity index (χ0v) is 17.9. The van der Waals surface area contributed by atoms with Crippen molar-refractivity contribution in [2.45, 2.75) is 13.1 Å². The molecule has 0 amide bonds. The number of rotatable bonds is 5. The van der Waals surface area contributed by atoms with E-state index in [-0.39, 0.29) is 0 Å². The van der Waals surface area contributed by atoms with Crippen molar-refractivity contribution in [3.63, 3.8) is 0 Å². The third-order valence-electron chi connectivity index (χ3n) is 5.13. The summed E-state index contributed by atoms with van der Waals surface area (Å²) in [7, 11) is 0. The molecule has 0 saturated heterocycles. The second-order valence-electron chi connectivity index (χ2n) is 7.20. The van der Waals surface area contributed by atoms with Crippen LogP contribution in [0.3, 0.4) is 0 Å². The van der Waals surface area contributed by atoms with Crippen molar-refractivity contribution in [1.29, 1.82) is 0 Å². The highest BCUT2D eigenvalue weighted by molar-refractivity contribution is 6.30. The quantitative estimate of drug-likeness (QED) is 0.307. The third-order valence-corrected chi connectivity index (χ3v) is 5.39. The van der Waals surface area contributed by atoms with Gasteiger partial charge in [-0.15, -0.1) is 0 Å². The molecule has 1 heterocycles. The Kier molecular flexibility index (Phi) is 5.80. The molecule has 4 rings (SSSR count). The molecule has 0 N–H and O–H groups in total. The summed E-state index contributed by atoms with van der Waals surface area (Å²) in [5, 5.41) is 5.07. The van der Waals surface area contributed by atoms with Crippen LogP contribution in [0.25, 0.3) is 16.9 Å². The van der Waals surface area contributed by atoms with Crippen LogP contribution in [0.4, 0.5) is 24.5 Å². The number of halogens is 4. The molecule has 0 saturated carbocycles. The van der Waals surface area contributed by atoms with Crippen LogP contribution in [0.1, 0.15) is 11.1 Å². The van der Waals surface area contributed by atoms with Gasteiger partial charge >= 0.3 is 6.18 Å². The Labute approximate surface area is 189 Å². The van der Waals surface area contributed by atoms with Crippen LogP contribution < -0.4 is 4.90 Å². The molecule has 0 aliphatic heterocycles. The van der Waals surface area contributed by atoms with Crippen LogP contribution >= 0.6 is 11.6 Å². The number of aryl methyl sites for hydroxylation is 1. The SMILES string of the molecule is C=CN(c1ccc(C(F)(F)F)cc1)c1cc(-c2ccnn2-c2ccc(Cl)cc2)ccc1C. The predicted octanol–water partition coefficient (Wildman–Crippen LogP) is 7.80. The zero-order chi connectivity index (χ0) is 22.9. The molecule has 32 heavy (non-hydrogen) atoms. The van der Waals surface area contributed by atoms with E-state index in [9.17, 15) is 13.2 Å². The Morgan fingerprint density at radius 3 is 2.28 bits per heavy atom. The minimum Gasteiger partial charge on any atom is -0.317 e. The lowest BCUT2D eigenvalue weighted by molar-refractivity contribution is -0.137. The largest absolute Gasteiger partial charge is 0.416 e. The van der Waals surface area contributed by atoms with Gasteiger partial charge in [0, 0.05) is 28.2 Å². The Bertz CT molecular complexity index is 1240. The molecule has 0 spiro atoms. The summed E-state index contributed by atoms with van der Waals surface area (Å²) in [6.07, 6.45) is -1.08. The summed E-state index contributed by atoms with van der Waals surface area (Å²) in [5.74, 6) is 0. The first kappa shape index (κ1) is 21.7. The molecule has 0 aliphatic carbocycles. The van der Waals surface area contributed by atoms with Gasteiger partial charge in [-0.3, -0.25) is 0 Å². The number of anilines is 2. The van der Waals surface area contributed by atoms with Gasteiger partial charge in [0.1, 0.15) is 0 Å². The van der Waals surface area contributed by atoms with E-state index in [4.69, 9.17) is 11.6 Å². The summed E-state index contributed by atoms with van der Waals surface area (Å²) in [5.41, 5.74) is 4.27. The minimum absolute atomic E-state index is 0.583. The van der Waals surface area contributed by atoms with E-state index in [0.29, 0.717) is 10.7 Å². The standard InChI is InChI=1S/C25H19ClF3N3/c1-3-31(21-10-6-19(7-11-21)25(27,28)29)24-16-18(5-4-17(24)2)23-14-15-30-32(23)22-12-8-20(26)9-13-22/h3-16H,1H2,2H3. The molecule has 0 atom stereocenters. The van der Waals surface area contributed by atoms with Crippen LogP contribution in [0, 0.1) is 6.92 Å². The molecule has 7 heteroatoms. The fourth-order valence-corrected chi connectivity index (χ4v) is 3.62. The van der Waals surface area contributed by atoms with Crippen molar-refractivity contribution in [3.05, 3.63) is 108 Å². The highest BCUT2D eigenvalue weighted by atomic mass is 35.5. The highest BCUT2D eigenvalue weighted by Crippen LogP contribution is 2.35. The van der Waals surface area contributed by atoms with Gasteiger partial charge in [0.05, 0.1) is 23.1 Å². The second-order valence-corrected chi connectivity index (χ2v) is 7.64. The van der Waals surface area contributed by atoms with E-state index in [0.717, 1.165) is 40.3 Å². The molecular weight excluding hydrogens is 435 g/mol. The second kappa shape index (κ2) is 8.55. The Morgan fingerprint density at radius 2 is 1.66 bits per heavy atom. The molecule has 4 aromatic rings. The predicted molar refractivity (Wildman–Crippen MR) is 123 cm³/mol. The van der Waals surface area contributed by atoms with Gasteiger partial charge in [-0.2, -0.15) is 18.3 Å². The molecule has 0 bridgehead atoms. The molecule has 1 aromatic heterocycles. The van der Waals surface area contributed by atoms with E-state index in [1.165, 1.54) is 12.1 Å². The van der Waals surface area contributed by atoms with E-state index >= 15 is 0 Å². The summed E-state index contributed by atoms with van der Waals surface area (Å²) >= 11 is 6.00. The molecule has 0 radical (unpaired) electrons. The van der Waals surface area contributed by atoms with Crippen LogP contribution in [0.15, 0.2) is 91.8 Å². The first-order chi connectivity index (χ1) is 15.3. The van der Waals surface area contributed by atoms with Crippen molar-refractivity contribution < 1.29 is 13.2 Å². The molecule has 3 aromatic carbocycles. The van der Waals surface area contributed by atoms with Crippen molar-refractivity contribution in [3.8, 4) is 16.9 Å². The van der Waals surface area contributed by atoms with Crippen molar-refractivity contribution in [1.82, 2.24) is 9.78 Å². The Hall–Kier alpha value is -3.51. The fraction of sp³-hybridized carbons (Fsp3) is 0.0800. The first-order valence-corrected chi connectivity index (χ1v) is 10.2. The molecule has 0 fully saturated rings. The van der Waals surface area contributed by atoms with Gasteiger partial charge in [-0.05, 0) is 73.2 Å². The zero-order valence-electron chi connectivity index (χ0n) is 17.1. The van der Waals surface area contributed by atoms with E-state index in [1.54, 1.807) is 34.1 Å². The minimum atomic E-state index is -4.38. The highest BCUT2D eigenvalue weighted by Gasteiger charge is 2.30. The number of nitrogens with zero attached hydrogens (tertiary/aromatic N) is 3. The average molecular weight is 454 g/mol. The summed E-state index contributed by atoms with van der Waals surface area (Å²) in [6, 6.07) is 20.2. The lowest BCUT2D eigenvalue weighted by atomic mass is 10.1. The summed E-state index contributed by atoms with van der Waals surface area (Å²) in [6.45, 7) is 5.81. The lowest BCUT2D eigenvalue weighted by Crippen LogP contribution is -2.11. The molecule has 162 valence electrons. The molecule has 0 unspecified atom stereocenters. The maximum atomic E-state index is 13.0. The first-order valence-electron chi connectivity index (χ1n) is 9.78. The van der Waals surface area contributed by atoms with Crippen molar-refractivity contribution in [2.24, 2.45) is 0 Å². The average Bonchev–Trinajstić information content (AvgIpc) is 3.26. The molecule has 3 nitrogen and oxygen atoms in total. The lowest BCUT2D eigenvalue weighted by Gasteiger charge is -2.24. The van der Waals surface area contributed by atoms with Gasteiger partial charge in [-0.1, -0.05) is 30.3 Å². The van der Waals surface area contributed by atoms with Crippen LogP contribution in [0.5, 0.6) is 0 Å². The van der Waals surface area contributed by atoms with E-state index in [1.807, 2.05) is 43.3 Å². The maximum absolute atomic E-state index is 13.0. The van der Waals surface area contributed by atoms with Crippen molar-refractivity contribution >= 4 is 23.0 Å². The summed E-state index contributed by atoms with van der Waals surface area (Å²) < 4.78 is 40.7. The van der Waals surface area contributed by atoms with Gasteiger partial charge in [0.15, 0.2) is 0 Å². The van der Waals surface area contributed by atoms with E-state index < -0.39 is 11.7 Å². The van der Waals surface area contributed by atoms with Gasteiger partial charge in [0.2, 0.25) is 0 Å². The van der Waals surface area contributed by atoms with Crippen LogP contribution in [-0.2, 0) is 6.18 Å². The monoisotopic (exact) mass is 453 g/mol. The van der Waals surface area contributed by atoms with Crippen LogP contribution in [0.2, 0.25) is 5.02 Å². The molecular formula is C25H19ClF3N3. The third kappa shape index (κ3) is 4.27. The van der Waals surface area contributed by atoms with Gasteiger partial charge in [-0.25, -0.2) is 4.68 Å². The topological polar surface area (TPSA) is 21.1 Å². The number of benzene rings is 3. The Balaban J connectivity index is 1.74.